The minimum absolute atomic E-state index is 0.0260. The SMILES string of the molecule is C[C@H](NC(=O)[C@H]1C[C@H](CO)[C@@H]1C(=O)O)[C@H](Cc1ccc(Cl)cc1)c1ccc(-c2ccccc2)cc1. The summed E-state index contributed by atoms with van der Waals surface area (Å²) in [4.78, 5) is 24.6. The molecule has 0 saturated heterocycles. The van der Waals surface area contributed by atoms with Crippen molar-refractivity contribution in [3.8, 4) is 11.1 Å². The first-order valence-corrected chi connectivity index (χ1v) is 12.3. The van der Waals surface area contributed by atoms with Crippen LogP contribution in [-0.4, -0.2) is 34.7 Å². The molecule has 0 spiro atoms. The van der Waals surface area contributed by atoms with Crippen LogP contribution < -0.4 is 5.32 Å². The number of benzene rings is 3. The Morgan fingerprint density at radius 3 is 2.20 bits per heavy atom. The summed E-state index contributed by atoms with van der Waals surface area (Å²) in [6, 6.07) is 26.0. The van der Waals surface area contributed by atoms with E-state index >= 15 is 0 Å². The molecule has 5 nitrogen and oxygen atoms in total. The third-order valence-electron chi connectivity index (χ3n) is 7.14. The summed E-state index contributed by atoms with van der Waals surface area (Å²) < 4.78 is 0. The van der Waals surface area contributed by atoms with Gasteiger partial charge < -0.3 is 15.5 Å². The van der Waals surface area contributed by atoms with Gasteiger partial charge in [0, 0.05) is 23.6 Å². The lowest BCUT2D eigenvalue weighted by Gasteiger charge is -2.40. The van der Waals surface area contributed by atoms with E-state index in [0.29, 0.717) is 17.9 Å². The van der Waals surface area contributed by atoms with E-state index < -0.39 is 17.8 Å². The first-order valence-electron chi connectivity index (χ1n) is 11.9. The van der Waals surface area contributed by atoms with Crippen molar-refractivity contribution in [1.82, 2.24) is 5.32 Å². The van der Waals surface area contributed by atoms with Gasteiger partial charge in [0.25, 0.3) is 0 Å². The molecule has 3 aromatic rings. The second kappa shape index (κ2) is 11.1. The Hall–Kier alpha value is -3.15. The molecule has 0 radical (unpaired) electrons. The minimum Gasteiger partial charge on any atom is -0.481 e. The number of aliphatic carboxylic acids is 1. The molecule has 1 aliphatic carbocycles. The van der Waals surface area contributed by atoms with Crippen LogP contribution in [0.2, 0.25) is 5.02 Å². The monoisotopic (exact) mass is 491 g/mol. The Morgan fingerprint density at radius 1 is 0.971 bits per heavy atom. The molecule has 182 valence electrons. The number of nitrogens with one attached hydrogen (secondary N) is 1. The van der Waals surface area contributed by atoms with Crippen molar-refractivity contribution >= 4 is 23.5 Å². The number of amides is 1. The van der Waals surface area contributed by atoms with Gasteiger partial charge in [0.2, 0.25) is 5.91 Å². The number of aliphatic hydroxyl groups excluding tert-OH is 1. The molecule has 1 fully saturated rings. The summed E-state index contributed by atoms with van der Waals surface area (Å²) in [6.07, 6.45) is 1.08. The van der Waals surface area contributed by atoms with Crippen LogP contribution in [0.1, 0.15) is 30.4 Å². The highest BCUT2D eigenvalue weighted by Gasteiger charge is 2.49. The van der Waals surface area contributed by atoms with Gasteiger partial charge in [-0.1, -0.05) is 78.3 Å². The zero-order chi connectivity index (χ0) is 24.9. The van der Waals surface area contributed by atoms with Gasteiger partial charge in [0.15, 0.2) is 0 Å². The van der Waals surface area contributed by atoms with Gasteiger partial charge in [-0.3, -0.25) is 9.59 Å². The first-order chi connectivity index (χ1) is 16.9. The Morgan fingerprint density at radius 2 is 1.60 bits per heavy atom. The summed E-state index contributed by atoms with van der Waals surface area (Å²) in [5.74, 6) is -3.15. The number of hydrogen-bond acceptors (Lipinski definition) is 3. The number of carboxylic acid groups (broad SMARTS) is 1. The average Bonchev–Trinajstić information content (AvgIpc) is 2.83. The smallest absolute Gasteiger partial charge is 0.307 e. The summed E-state index contributed by atoms with van der Waals surface area (Å²) in [6.45, 7) is 1.74. The van der Waals surface area contributed by atoms with E-state index in [1.807, 2.05) is 49.4 Å². The van der Waals surface area contributed by atoms with Crippen LogP contribution in [0.25, 0.3) is 11.1 Å². The molecule has 0 aromatic heterocycles. The average molecular weight is 492 g/mol. The van der Waals surface area contributed by atoms with Crippen LogP contribution in [0.4, 0.5) is 0 Å². The zero-order valence-electron chi connectivity index (χ0n) is 19.6. The van der Waals surface area contributed by atoms with Gasteiger partial charge in [-0.05, 0) is 60.1 Å². The van der Waals surface area contributed by atoms with E-state index in [1.54, 1.807) is 0 Å². The minimum atomic E-state index is -1.03. The zero-order valence-corrected chi connectivity index (χ0v) is 20.4. The Labute approximate surface area is 210 Å². The fourth-order valence-electron chi connectivity index (χ4n) is 5.03. The van der Waals surface area contributed by atoms with Crippen LogP contribution in [0.15, 0.2) is 78.9 Å². The molecule has 3 N–H and O–H groups in total. The highest BCUT2D eigenvalue weighted by atomic mass is 35.5. The van der Waals surface area contributed by atoms with E-state index in [0.717, 1.165) is 22.3 Å². The highest BCUT2D eigenvalue weighted by Crippen LogP contribution is 2.41. The molecular weight excluding hydrogens is 462 g/mol. The van der Waals surface area contributed by atoms with Gasteiger partial charge in [-0.2, -0.15) is 0 Å². The molecule has 4 rings (SSSR count). The summed E-state index contributed by atoms with van der Waals surface area (Å²) in [7, 11) is 0. The predicted octanol–water partition coefficient (Wildman–Crippen LogP) is 5.17. The molecule has 1 aliphatic rings. The molecule has 6 heteroatoms. The lowest BCUT2D eigenvalue weighted by Crippen LogP contribution is -2.53. The molecule has 3 aromatic carbocycles. The lowest BCUT2D eigenvalue weighted by molar-refractivity contribution is -0.160. The molecule has 0 heterocycles. The van der Waals surface area contributed by atoms with E-state index in [4.69, 9.17) is 11.6 Å². The number of rotatable bonds is 9. The summed E-state index contributed by atoms with van der Waals surface area (Å²) in [5.41, 5.74) is 4.44. The van der Waals surface area contributed by atoms with Crippen LogP contribution in [0, 0.1) is 17.8 Å². The van der Waals surface area contributed by atoms with Gasteiger partial charge in [0.1, 0.15) is 0 Å². The molecule has 35 heavy (non-hydrogen) atoms. The van der Waals surface area contributed by atoms with Gasteiger partial charge in [-0.15, -0.1) is 0 Å². The summed E-state index contributed by atoms with van der Waals surface area (Å²) >= 11 is 6.07. The molecule has 0 unspecified atom stereocenters. The van der Waals surface area contributed by atoms with Crippen molar-refractivity contribution in [2.75, 3.05) is 6.61 Å². The van der Waals surface area contributed by atoms with Crippen molar-refractivity contribution in [2.24, 2.45) is 17.8 Å². The molecule has 0 bridgehead atoms. The number of hydrogen-bond donors (Lipinski definition) is 3. The molecule has 5 atom stereocenters. The van der Waals surface area contributed by atoms with Gasteiger partial charge in [-0.25, -0.2) is 0 Å². The van der Waals surface area contributed by atoms with Crippen molar-refractivity contribution in [3.05, 3.63) is 95.0 Å². The second-order valence-electron chi connectivity index (χ2n) is 9.37. The fourth-order valence-corrected chi connectivity index (χ4v) is 5.15. The third-order valence-corrected chi connectivity index (χ3v) is 7.39. The lowest BCUT2D eigenvalue weighted by atomic mass is 9.64. The standard InChI is InChI=1S/C29H30ClNO4/c1-18(31-28(33)26-16-23(17-32)27(26)29(34)35)25(15-19-7-13-24(30)14-8-19)22-11-9-21(10-12-22)20-5-3-2-4-6-20/h2-14,18,23,25-27,32H,15-17H2,1H3,(H,31,33)(H,34,35)/t18-,23+,25-,26-,27-/m0/s1. The van der Waals surface area contributed by atoms with Crippen molar-refractivity contribution in [2.45, 2.75) is 31.7 Å². The van der Waals surface area contributed by atoms with E-state index in [9.17, 15) is 19.8 Å². The fraction of sp³-hybridized carbons (Fsp3) is 0.310. The Balaban J connectivity index is 1.55. The largest absolute Gasteiger partial charge is 0.481 e. The van der Waals surface area contributed by atoms with E-state index in [1.165, 1.54) is 0 Å². The number of carbonyl (C=O) groups excluding carboxylic acids is 1. The van der Waals surface area contributed by atoms with Gasteiger partial charge >= 0.3 is 5.97 Å². The van der Waals surface area contributed by atoms with Crippen LogP contribution in [-0.2, 0) is 16.0 Å². The van der Waals surface area contributed by atoms with E-state index in [-0.39, 0.29) is 30.4 Å². The van der Waals surface area contributed by atoms with Gasteiger partial charge in [0.05, 0.1) is 11.8 Å². The molecule has 1 saturated carbocycles. The highest BCUT2D eigenvalue weighted by molar-refractivity contribution is 6.30. The van der Waals surface area contributed by atoms with Crippen LogP contribution in [0.3, 0.4) is 0 Å². The second-order valence-corrected chi connectivity index (χ2v) is 9.81. The maximum Gasteiger partial charge on any atom is 0.307 e. The van der Waals surface area contributed by atoms with Crippen molar-refractivity contribution < 1.29 is 19.8 Å². The predicted molar refractivity (Wildman–Crippen MR) is 137 cm³/mol. The van der Waals surface area contributed by atoms with Crippen LogP contribution in [0.5, 0.6) is 0 Å². The third kappa shape index (κ3) is 5.75. The normalized spacial score (nSPS) is 20.9. The Bertz CT molecular complexity index is 1150. The molecule has 1 amide bonds. The Kier molecular flexibility index (Phi) is 7.89. The maximum atomic E-state index is 13.0. The van der Waals surface area contributed by atoms with E-state index in [2.05, 4.69) is 41.7 Å². The number of halogens is 1. The summed E-state index contributed by atoms with van der Waals surface area (Å²) in [5, 5.41) is 22.7. The number of carboxylic acids is 1. The van der Waals surface area contributed by atoms with Crippen molar-refractivity contribution in [3.63, 3.8) is 0 Å². The number of aliphatic hydroxyl groups is 1. The quantitative estimate of drug-likeness (QED) is 0.385. The number of carbonyl (C=O) groups is 2. The first kappa shape index (κ1) is 25.0. The molecule has 0 aliphatic heterocycles. The maximum absolute atomic E-state index is 13.0. The van der Waals surface area contributed by atoms with Crippen LogP contribution >= 0.6 is 11.6 Å². The molecular formula is C29H30ClNO4. The topological polar surface area (TPSA) is 86.6 Å². The van der Waals surface area contributed by atoms with Crippen molar-refractivity contribution in [1.29, 1.82) is 0 Å².